The minimum Gasteiger partial charge on any atom is -0.480 e. The maximum atomic E-state index is 11.8. The average Bonchev–Trinajstić information content (AvgIpc) is 2.92. The van der Waals surface area contributed by atoms with Crippen LogP contribution in [0.25, 0.3) is 0 Å². The van der Waals surface area contributed by atoms with Crippen molar-refractivity contribution in [1.29, 1.82) is 5.26 Å². The molecule has 19 heavy (non-hydrogen) atoms. The van der Waals surface area contributed by atoms with E-state index in [-0.39, 0.29) is 5.91 Å². The van der Waals surface area contributed by atoms with Crippen LogP contribution in [0, 0.1) is 11.3 Å². The molecule has 6 nitrogen and oxygen atoms in total. The van der Waals surface area contributed by atoms with Gasteiger partial charge in [-0.1, -0.05) is 23.5 Å². The van der Waals surface area contributed by atoms with Crippen LogP contribution < -0.4 is 10.1 Å². The largest absolute Gasteiger partial charge is 0.480 e. The lowest BCUT2D eigenvalue weighted by atomic mass is 10.2. The lowest BCUT2D eigenvalue weighted by molar-refractivity contribution is -0.122. The fourth-order valence-electron chi connectivity index (χ4n) is 1.34. The van der Waals surface area contributed by atoms with E-state index in [1.165, 1.54) is 16.8 Å². The highest BCUT2D eigenvalue weighted by molar-refractivity contribution is 7.13. The van der Waals surface area contributed by atoms with Gasteiger partial charge in [0.2, 0.25) is 5.13 Å². The van der Waals surface area contributed by atoms with Gasteiger partial charge in [0.05, 0.1) is 5.56 Å². The van der Waals surface area contributed by atoms with Gasteiger partial charge in [-0.15, -0.1) is 10.2 Å². The number of amides is 1. The van der Waals surface area contributed by atoms with E-state index in [1.54, 1.807) is 31.2 Å². The van der Waals surface area contributed by atoms with Gasteiger partial charge in [0.25, 0.3) is 5.91 Å². The normalized spacial score (nSPS) is 11.4. The Kier molecular flexibility index (Phi) is 4.05. The number of carbonyl (C=O) groups is 1. The van der Waals surface area contributed by atoms with Crippen LogP contribution in [0.15, 0.2) is 29.8 Å². The second-order valence-electron chi connectivity index (χ2n) is 3.60. The van der Waals surface area contributed by atoms with Crippen LogP contribution in [0.2, 0.25) is 0 Å². The summed E-state index contributed by atoms with van der Waals surface area (Å²) >= 11 is 1.22. The molecule has 0 saturated heterocycles. The SMILES string of the molecule is C[C@@H](Oc1ccccc1C#N)C(=O)Nc1nncs1. The van der Waals surface area contributed by atoms with Crippen molar-refractivity contribution in [2.24, 2.45) is 0 Å². The lowest BCUT2D eigenvalue weighted by Gasteiger charge is -2.14. The van der Waals surface area contributed by atoms with Crippen LogP contribution in [0.3, 0.4) is 0 Å². The molecule has 0 aliphatic rings. The summed E-state index contributed by atoms with van der Waals surface area (Å²) in [7, 11) is 0. The molecule has 0 unspecified atom stereocenters. The zero-order chi connectivity index (χ0) is 13.7. The molecule has 96 valence electrons. The van der Waals surface area contributed by atoms with Crippen LogP contribution in [-0.4, -0.2) is 22.2 Å². The van der Waals surface area contributed by atoms with Gasteiger partial charge < -0.3 is 4.74 Å². The first-order valence-corrected chi connectivity index (χ1v) is 6.31. The summed E-state index contributed by atoms with van der Waals surface area (Å²) in [6.45, 7) is 1.60. The van der Waals surface area contributed by atoms with Crippen LogP contribution in [0.1, 0.15) is 12.5 Å². The van der Waals surface area contributed by atoms with Crippen molar-refractivity contribution in [1.82, 2.24) is 10.2 Å². The van der Waals surface area contributed by atoms with E-state index < -0.39 is 6.10 Å². The molecule has 1 N–H and O–H groups in total. The first kappa shape index (κ1) is 13.0. The number of benzene rings is 1. The molecule has 0 fully saturated rings. The Morgan fingerprint density at radius 1 is 1.53 bits per heavy atom. The van der Waals surface area contributed by atoms with Crippen LogP contribution in [-0.2, 0) is 4.79 Å². The Morgan fingerprint density at radius 2 is 2.32 bits per heavy atom. The topological polar surface area (TPSA) is 87.9 Å². The molecule has 2 rings (SSSR count). The van der Waals surface area contributed by atoms with Crippen molar-refractivity contribution in [2.45, 2.75) is 13.0 Å². The van der Waals surface area contributed by atoms with Crippen molar-refractivity contribution in [2.75, 3.05) is 5.32 Å². The third kappa shape index (κ3) is 3.26. The Balaban J connectivity index is 2.02. The molecule has 1 aromatic carbocycles. The fourth-order valence-corrected chi connectivity index (χ4v) is 1.79. The summed E-state index contributed by atoms with van der Waals surface area (Å²) in [6.07, 6.45) is -0.738. The molecule has 1 amide bonds. The first-order valence-electron chi connectivity index (χ1n) is 5.43. The van der Waals surface area contributed by atoms with E-state index >= 15 is 0 Å². The van der Waals surface area contributed by atoms with Crippen molar-refractivity contribution >= 4 is 22.4 Å². The molecule has 0 bridgehead atoms. The second-order valence-corrected chi connectivity index (χ2v) is 4.43. The van der Waals surface area contributed by atoms with Crippen molar-refractivity contribution in [3.05, 3.63) is 35.3 Å². The molecule has 0 aliphatic heterocycles. The summed E-state index contributed by atoms with van der Waals surface area (Å²) in [5.74, 6) is 0.0365. The fraction of sp³-hybridized carbons (Fsp3) is 0.167. The standard InChI is InChI=1S/C12H10N4O2S/c1-8(11(17)15-12-16-14-7-19-12)18-10-5-3-2-4-9(10)6-13/h2-5,7-8H,1H3,(H,15,16,17)/t8-/m1/s1. The number of aromatic nitrogens is 2. The predicted molar refractivity (Wildman–Crippen MR) is 69.8 cm³/mol. The van der Waals surface area contributed by atoms with E-state index in [9.17, 15) is 4.79 Å². The highest BCUT2D eigenvalue weighted by atomic mass is 32.1. The summed E-state index contributed by atoms with van der Waals surface area (Å²) < 4.78 is 5.47. The summed E-state index contributed by atoms with van der Waals surface area (Å²) in [6, 6.07) is 8.76. The first-order chi connectivity index (χ1) is 9.20. The number of rotatable bonds is 4. The number of hydrogen-bond acceptors (Lipinski definition) is 6. The van der Waals surface area contributed by atoms with E-state index in [4.69, 9.17) is 10.00 Å². The lowest BCUT2D eigenvalue weighted by Crippen LogP contribution is -2.30. The van der Waals surface area contributed by atoms with Crippen molar-refractivity contribution < 1.29 is 9.53 Å². The Morgan fingerprint density at radius 3 is 3.00 bits per heavy atom. The zero-order valence-corrected chi connectivity index (χ0v) is 10.8. The number of anilines is 1. The number of para-hydroxylation sites is 1. The number of nitrogens with one attached hydrogen (secondary N) is 1. The predicted octanol–water partition coefficient (Wildman–Crippen LogP) is 1.82. The van der Waals surface area contributed by atoms with Gasteiger partial charge in [0, 0.05) is 0 Å². The van der Waals surface area contributed by atoms with Gasteiger partial charge in [-0.25, -0.2) is 0 Å². The quantitative estimate of drug-likeness (QED) is 0.918. The molecule has 0 aliphatic carbocycles. The summed E-state index contributed by atoms with van der Waals surface area (Å²) in [4.78, 5) is 11.8. The Labute approximate surface area is 113 Å². The molecule has 1 heterocycles. The maximum absolute atomic E-state index is 11.8. The van der Waals surface area contributed by atoms with Gasteiger partial charge in [-0.2, -0.15) is 5.26 Å². The van der Waals surface area contributed by atoms with Crippen LogP contribution >= 0.6 is 11.3 Å². The molecular formula is C12H10N4O2S. The van der Waals surface area contributed by atoms with Crippen molar-refractivity contribution in [3.8, 4) is 11.8 Å². The second kappa shape index (κ2) is 5.93. The highest BCUT2D eigenvalue weighted by Crippen LogP contribution is 2.18. The third-order valence-corrected chi connectivity index (χ3v) is 2.88. The molecule has 0 saturated carbocycles. The van der Waals surface area contributed by atoms with Gasteiger partial charge in [0.1, 0.15) is 17.3 Å². The monoisotopic (exact) mass is 274 g/mol. The van der Waals surface area contributed by atoms with Crippen molar-refractivity contribution in [3.63, 3.8) is 0 Å². The molecule has 1 atom stereocenters. The maximum Gasteiger partial charge on any atom is 0.266 e. The Bertz CT molecular complexity index is 606. The van der Waals surface area contributed by atoms with E-state index in [0.717, 1.165) is 0 Å². The number of nitriles is 1. The molecule has 0 radical (unpaired) electrons. The number of ether oxygens (including phenoxy) is 1. The third-order valence-electron chi connectivity index (χ3n) is 2.27. The number of nitrogens with zero attached hydrogens (tertiary/aromatic N) is 3. The number of hydrogen-bond donors (Lipinski definition) is 1. The van der Waals surface area contributed by atoms with E-state index in [2.05, 4.69) is 15.5 Å². The molecule has 0 spiro atoms. The van der Waals surface area contributed by atoms with E-state index in [0.29, 0.717) is 16.4 Å². The minimum atomic E-state index is -0.738. The Hall–Kier alpha value is -2.46. The van der Waals surface area contributed by atoms with Gasteiger partial charge in [0.15, 0.2) is 6.10 Å². The summed E-state index contributed by atoms with van der Waals surface area (Å²) in [5.41, 5.74) is 1.91. The minimum absolute atomic E-state index is 0.343. The zero-order valence-electron chi connectivity index (χ0n) is 10.0. The summed E-state index contributed by atoms with van der Waals surface area (Å²) in [5, 5.41) is 19.2. The number of carbonyl (C=O) groups excluding carboxylic acids is 1. The van der Waals surface area contributed by atoms with Crippen LogP contribution in [0.5, 0.6) is 5.75 Å². The molecule has 7 heteroatoms. The van der Waals surface area contributed by atoms with Gasteiger partial charge in [-0.05, 0) is 19.1 Å². The smallest absolute Gasteiger partial charge is 0.266 e. The average molecular weight is 274 g/mol. The molecule has 2 aromatic rings. The van der Waals surface area contributed by atoms with Gasteiger partial charge in [-0.3, -0.25) is 10.1 Å². The molecular weight excluding hydrogens is 264 g/mol. The molecule has 1 aromatic heterocycles. The van der Waals surface area contributed by atoms with E-state index in [1.807, 2.05) is 6.07 Å². The highest BCUT2D eigenvalue weighted by Gasteiger charge is 2.17. The van der Waals surface area contributed by atoms with Gasteiger partial charge >= 0.3 is 0 Å². The van der Waals surface area contributed by atoms with Crippen LogP contribution in [0.4, 0.5) is 5.13 Å².